The predicted octanol–water partition coefficient (Wildman–Crippen LogP) is 1.62. The van der Waals surface area contributed by atoms with Crippen molar-refractivity contribution < 1.29 is 23.8 Å². The van der Waals surface area contributed by atoms with Gasteiger partial charge in [0.1, 0.15) is 17.2 Å². The fourth-order valence-corrected chi connectivity index (χ4v) is 2.51. The zero-order chi connectivity index (χ0) is 15.5. The quantitative estimate of drug-likeness (QED) is 0.836. The molecule has 7 heteroatoms. The molecule has 0 bridgehead atoms. The number of hydrogen-bond donors (Lipinski definition) is 2. The number of benzene rings is 1. The molecule has 2 atom stereocenters. The highest BCUT2D eigenvalue weighted by Crippen LogP contribution is 2.26. The van der Waals surface area contributed by atoms with Gasteiger partial charge in [-0.1, -0.05) is 0 Å². The fraction of sp³-hybridized carbons (Fsp3) is 0.500. The zero-order valence-corrected chi connectivity index (χ0v) is 13.2. The monoisotopic (exact) mass is 361 g/mol. The van der Waals surface area contributed by atoms with E-state index in [0.29, 0.717) is 23.2 Å². The highest BCUT2D eigenvalue weighted by Gasteiger charge is 2.39. The topological polar surface area (TPSA) is 67.8 Å². The second-order valence-electron chi connectivity index (χ2n) is 5.01. The Morgan fingerprint density at radius 1 is 1.67 bits per heavy atom. The summed E-state index contributed by atoms with van der Waals surface area (Å²) in [6.07, 6.45) is 0.170. The molecular formula is C14H17BrFNO4. The van der Waals surface area contributed by atoms with Crippen LogP contribution in [-0.2, 0) is 9.53 Å². The van der Waals surface area contributed by atoms with Crippen molar-refractivity contribution in [2.75, 3.05) is 19.8 Å². The van der Waals surface area contributed by atoms with Crippen LogP contribution in [0.1, 0.15) is 13.3 Å². The number of ether oxygens (including phenoxy) is 2. The Kier molecular flexibility index (Phi) is 5.18. The van der Waals surface area contributed by atoms with Crippen LogP contribution in [0.3, 0.4) is 0 Å². The predicted molar refractivity (Wildman–Crippen MR) is 77.6 cm³/mol. The first-order valence-electron chi connectivity index (χ1n) is 6.59. The Labute approximate surface area is 130 Å². The molecule has 1 heterocycles. The van der Waals surface area contributed by atoms with Gasteiger partial charge >= 0.3 is 0 Å². The molecule has 21 heavy (non-hydrogen) atoms. The van der Waals surface area contributed by atoms with E-state index >= 15 is 0 Å². The second kappa shape index (κ2) is 6.72. The number of aliphatic hydroxyl groups is 1. The van der Waals surface area contributed by atoms with Crippen molar-refractivity contribution in [1.29, 1.82) is 0 Å². The highest BCUT2D eigenvalue weighted by atomic mass is 79.9. The van der Waals surface area contributed by atoms with E-state index in [1.54, 1.807) is 6.92 Å². The summed E-state index contributed by atoms with van der Waals surface area (Å²) in [6.45, 7) is 2.15. The molecule has 1 aromatic rings. The fourth-order valence-electron chi connectivity index (χ4n) is 2.04. The first-order chi connectivity index (χ1) is 9.90. The van der Waals surface area contributed by atoms with Crippen LogP contribution in [0.2, 0.25) is 0 Å². The minimum atomic E-state index is -1.04. The van der Waals surface area contributed by atoms with Crippen molar-refractivity contribution in [1.82, 2.24) is 5.32 Å². The van der Waals surface area contributed by atoms with Crippen LogP contribution < -0.4 is 10.1 Å². The Hall–Kier alpha value is -1.18. The molecule has 1 aromatic carbocycles. The Morgan fingerprint density at radius 3 is 3.05 bits per heavy atom. The number of hydrogen-bond acceptors (Lipinski definition) is 4. The van der Waals surface area contributed by atoms with Crippen molar-refractivity contribution >= 4 is 21.8 Å². The first kappa shape index (κ1) is 16.2. The number of rotatable bonds is 5. The number of carbonyl (C=O) groups excluding carboxylic acids is 1. The van der Waals surface area contributed by atoms with Gasteiger partial charge in [-0.2, -0.15) is 0 Å². The van der Waals surface area contributed by atoms with E-state index in [0.717, 1.165) is 0 Å². The van der Waals surface area contributed by atoms with Gasteiger partial charge in [-0.05, 0) is 41.1 Å². The standard InChI is InChI=1S/C14H17BrFNO4/c1-9-14(19,4-5-20-9)8-17-13(18)7-21-12-3-2-10(16)6-11(12)15/h2-3,6,9,19H,4-5,7-8H2,1H3,(H,17,18). The summed E-state index contributed by atoms with van der Waals surface area (Å²) in [5.41, 5.74) is -1.04. The molecule has 0 saturated carbocycles. The molecule has 0 spiro atoms. The number of amides is 1. The molecular weight excluding hydrogens is 345 g/mol. The lowest BCUT2D eigenvalue weighted by Crippen LogP contribution is -2.48. The van der Waals surface area contributed by atoms with Crippen LogP contribution in [-0.4, -0.2) is 42.5 Å². The minimum absolute atomic E-state index is 0.112. The molecule has 1 aliphatic heterocycles. The molecule has 1 amide bonds. The molecule has 0 aliphatic carbocycles. The van der Waals surface area contributed by atoms with Gasteiger partial charge in [-0.3, -0.25) is 4.79 Å². The average molecular weight is 362 g/mol. The maximum absolute atomic E-state index is 12.9. The summed E-state index contributed by atoms with van der Waals surface area (Å²) in [5, 5.41) is 12.9. The number of nitrogens with one attached hydrogen (secondary N) is 1. The highest BCUT2D eigenvalue weighted by molar-refractivity contribution is 9.10. The summed E-state index contributed by atoms with van der Waals surface area (Å²) in [7, 11) is 0. The average Bonchev–Trinajstić information content (AvgIpc) is 2.76. The molecule has 2 rings (SSSR count). The van der Waals surface area contributed by atoms with Gasteiger partial charge in [0.25, 0.3) is 5.91 Å². The third-order valence-electron chi connectivity index (χ3n) is 3.50. The molecule has 0 aromatic heterocycles. The van der Waals surface area contributed by atoms with E-state index in [1.807, 2.05) is 0 Å². The summed E-state index contributed by atoms with van der Waals surface area (Å²) in [5.74, 6) is -0.377. The lowest BCUT2D eigenvalue weighted by atomic mass is 9.97. The van der Waals surface area contributed by atoms with Crippen molar-refractivity contribution in [2.45, 2.75) is 25.0 Å². The van der Waals surface area contributed by atoms with Gasteiger partial charge in [0.15, 0.2) is 6.61 Å². The van der Waals surface area contributed by atoms with Crippen LogP contribution in [0, 0.1) is 5.82 Å². The minimum Gasteiger partial charge on any atom is -0.483 e. The van der Waals surface area contributed by atoms with Gasteiger partial charge in [-0.25, -0.2) is 4.39 Å². The van der Waals surface area contributed by atoms with E-state index < -0.39 is 11.4 Å². The Morgan fingerprint density at radius 2 is 2.43 bits per heavy atom. The van der Waals surface area contributed by atoms with Gasteiger partial charge in [0.2, 0.25) is 0 Å². The number of halogens is 2. The maximum atomic E-state index is 12.9. The van der Waals surface area contributed by atoms with Crippen molar-refractivity contribution in [2.24, 2.45) is 0 Å². The van der Waals surface area contributed by atoms with Crippen molar-refractivity contribution in [3.63, 3.8) is 0 Å². The summed E-state index contributed by atoms with van der Waals surface area (Å²) in [4.78, 5) is 11.7. The van der Waals surface area contributed by atoms with Crippen molar-refractivity contribution in [3.8, 4) is 5.75 Å². The third-order valence-corrected chi connectivity index (χ3v) is 4.12. The van der Waals surface area contributed by atoms with Gasteiger partial charge in [-0.15, -0.1) is 0 Å². The summed E-state index contributed by atoms with van der Waals surface area (Å²) in [6, 6.07) is 3.94. The first-order valence-corrected chi connectivity index (χ1v) is 7.38. The van der Waals surface area contributed by atoms with Crippen molar-refractivity contribution in [3.05, 3.63) is 28.5 Å². The summed E-state index contributed by atoms with van der Waals surface area (Å²) >= 11 is 3.15. The van der Waals surface area contributed by atoms with Gasteiger partial charge in [0, 0.05) is 19.6 Å². The molecule has 1 saturated heterocycles. The molecule has 0 radical (unpaired) electrons. The second-order valence-corrected chi connectivity index (χ2v) is 5.86. The van der Waals surface area contributed by atoms with Gasteiger partial charge in [0.05, 0.1) is 10.6 Å². The maximum Gasteiger partial charge on any atom is 0.258 e. The molecule has 1 fully saturated rings. The SMILES string of the molecule is CC1OCCC1(O)CNC(=O)COc1ccc(F)cc1Br. The lowest BCUT2D eigenvalue weighted by molar-refractivity contribution is -0.124. The van der Waals surface area contributed by atoms with Crippen LogP contribution in [0.4, 0.5) is 4.39 Å². The molecule has 2 N–H and O–H groups in total. The Balaban J connectivity index is 1.80. The molecule has 5 nitrogen and oxygen atoms in total. The van der Waals surface area contributed by atoms with E-state index in [1.165, 1.54) is 18.2 Å². The van der Waals surface area contributed by atoms with E-state index in [9.17, 15) is 14.3 Å². The number of carbonyl (C=O) groups is 1. The molecule has 1 aliphatic rings. The molecule has 2 unspecified atom stereocenters. The smallest absolute Gasteiger partial charge is 0.258 e. The summed E-state index contributed by atoms with van der Waals surface area (Å²) < 4.78 is 23.9. The lowest BCUT2D eigenvalue weighted by Gasteiger charge is -2.26. The third kappa shape index (κ3) is 4.15. The normalized spacial score (nSPS) is 24.9. The van der Waals surface area contributed by atoms with Gasteiger partial charge < -0.3 is 19.9 Å². The van der Waals surface area contributed by atoms with Crippen LogP contribution in [0.25, 0.3) is 0 Å². The van der Waals surface area contributed by atoms with Crippen LogP contribution in [0.15, 0.2) is 22.7 Å². The molecule has 116 valence electrons. The van der Waals surface area contributed by atoms with E-state index in [4.69, 9.17) is 9.47 Å². The Bertz CT molecular complexity index is 528. The van der Waals surface area contributed by atoms with E-state index in [2.05, 4.69) is 21.2 Å². The largest absolute Gasteiger partial charge is 0.483 e. The zero-order valence-electron chi connectivity index (χ0n) is 11.6. The van der Waals surface area contributed by atoms with E-state index in [-0.39, 0.29) is 25.2 Å². The van der Waals surface area contributed by atoms with Crippen LogP contribution >= 0.6 is 15.9 Å². The van der Waals surface area contributed by atoms with Crippen LogP contribution in [0.5, 0.6) is 5.75 Å².